The zero-order valence-electron chi connectivity index (χ0n) is 13.3. The minimum absolute atomic E-state index is 0.229. The van der Waals surface area contributed by atoms with E-state index in [2.05, 4.69) is 24.3 Å². The summed E-state index contributed by atoms with van der Waals surface area (Å²) in [4.78, 5) is 14.3. The third-order valence-corrected chi connectivity index (χ3v) is 6.99. The molecule has 1 amide bonds. The Bertz CT molecular complexity index is 653. The average Bonchev–Trinajstić information content (AvgIpc) is 2.63. The summed E-state index contributed by atoms with van der Waals surface area (Å²) >= 11 is 9.53. The highest BCUT2D eigenvalue weighted by Gasteiger charge is 2.37. The van der Waals surface area contributed by atoms with Gasteiger partial charge in [-0.15, -0.1) is 23.4 Å². The topological polar surface area (TPSA) is 20.3 Å². The quantitative estimate of drug-likeness (QED) is 0.263. The molecule has 0 spiro atoms. The predicted octanol–water partition coefficient (Wildman–Crippen LogP) is 5.47. The van der Waals surface area contributed by atoms with Crippen molar-refractivity contribution in [2.75, 3.05) is 5.88 Å². The lowest BCUT2D eigenvalue weighted by Crippen LogP contribution is -2.48. The molecule has 2 atom stereocenters. The number of thioether (sulfide) groups is 1. The number of rotatable bonds is 8. The number of amides is 1. The van der Waals surface area contributed by atoms with Crippen LogP contribution >= 0.6 is 35.3 Å². The molecule has 1 saturated heterocycles. The van der Waals surface area contributed by atoms with Gasteiger partial charge in [-0.3, -0.25) is 9.10 Å². The number of halogens is 1. The first-order chi connectivity index (χ1) is 11.8. The van der Waals surface area contributed by atoms with Crippen LogP contribution < -0.4 is 0 Å². The van der Waals surface area contributed by atoms with Crippen molar-refractivity contribution in [2.45, 2.75) is 40.3 Å². The van der Waals surface area contributed by atoms with E-state index in [0.717, 1.165) is 17.7 Å². The average molecular weight is 378 g/mol. The van der Waals surface area contributed by atoms with Gasteiger partial charge >= 0.3 is 0 Å². The van der Waals surface area contributed by atoms with Crippen LogP contribution in [0.3, 0.4) is 0 Å². The fraction of sp³-hybridized carbons (Fsp3) is 0.316. The van der Waals surface area contributed by atoms with Crippen molar-refractivity contribution in [3.05, 3.63) is 60.7 Å². The van der Waals surface area contributed by atoms with Crippen LogP contribution in [0, 0.1) is 0 Å². The molecule has 5 heteroatoms. The van der Waals surface area contributed by atoms with E-state index in [1.165, 1.54) is 4.90 Å². The molecule has 0 radical (unpaired) electrons. The number of benzene rings is 2. The Kier molecular flexibility index (Phi) is 6.52. The largest absolute Gasteiger partial charge is 0.279 e. The summed E-state index contributed by atoms with van der Waals surface area (Å²) in [6.07, 6.45) is 2.68. The second kappa shape index (κ2) is 8.84. The molecule has 2 unspecified atom stereocenters. The van der Waals surface area contributed by atoms with E-state index in [-0.39, 0.29) is 5.91 Å². The van der Waals surface area contributed by atoms with Crippen LogP contribution in [0.5, 0.6) is 0 Å². The number of alkyl halides is 1. The molecule has 3 rings (SSSR count). The first-order valence-electron chi connectivity index (χ1n) is 8.09. The van der Waals surface area contributed by atoms with E-state index in [4.69, 9.17) is 11.6 Å². The molecule has 0 aliphatic carbocycles. The minimum atomic E-state index is 0.229. The van der Waals surface area contributed by atoms with Gasteiger partial charge in [-0.2, -0.15) is 0 Å². The zero-order chi connectivity index (χ0) is 16.8. The molecule has 0 saturated carbocycles. The molecule has 1 aliphatic heterocycles. The molecule has 2 aromatic rings. The second-order valence-corrected chi connectivity index (χ2v) is 8.50. The SMILES string of the molecule is O=C1CC(CCC(CCl)Sc2ccccc2)N1Sc1ccccc1. The number of carbonyl (C=O) groups is 1. The molecule has 0 N–H and O–H groups in total. The summed E-state index contributed by atoms with van der Waals surface area (Å²) in [7, 11) is 0. The first-order valence-corrected chi connectivity index (χ1v) is 10.3. The Labute approximate surface area is 157 Å². The lowest BCUT2D eigenvalue weighted by molar-refractivity contribution is -0.137. The van der Waals surface area contributed by atoms with Crippen LogP contribution in [0.2, 0.25) is 0 Å². The number of nitrogens with zero attached hydrogens (tertiary/aromatic N) is 1. The van der Waals surface area contributed by atoms with Crippen molar-refractivity contribution in [1.82, 2.24) is 4.31 Å². The van der Waals surface area contributed by atoms with Crippen LogP contribution in [0.1, 0.15) is 19.3 Å². The highest BCUT2D eigenvalue weighted by atomic mass is 35.5. The highest BCUT2D eigenvalue weighted by molar-refractivity contribution is 8.00. The van der Waals surface area contributed by atoms with E-state index >= 15 is 0 Å². The van der Waals surface area contributed by atoms with Crippen LogP contribution in [0.4, 0.5) is 0 Å². The van der Waals surface area contributed by atoms with Crippen LogP contribution in [-0.4, -0.2) is 27.4 Å². The molecule has 1 heterocycles. The minimum Gasteiger partial charge on any atom is -0.279 e. The van der Waals surface area contributed by atoms with Gasteiger partial charge in [0.1, 0.15) is 0 Å². The fourth-order valence-electron chi connectivity index (χ4n) is 2.64. The van der Waals surface area contributed by atoms with Gasteiger partial charge in [0, 0.05) is 27.3 Å². The molecule has 1 aliphatic rings. The molecule has 1 fully saturated rings. The van der Waals surface area contributed by atoms with Gasteiger partial charge in [-0.1, -0.05) is 36.4 Å². The fourth-order valence-corrected chi connectivity index (χ4v) is 5.01. The number of β-lactam (4-membered cyclic amide) rings is 1. The van der Waals surface area contributed by atoms with Crippen molar-refractivity contribution >= 4 is 41.2 Å². The summed E-state index contributed by atoms with van der Waals surface area (Å²) in [5.41, 5.74) is 0. The van der Waals surface area contributed by atoms with Crippen LogP contribution in [0.15, 0.2) is 70.5 Å². The lowest BCUT2D eigenvalue weighted by Gasteiger charge is -2.39. The first kappa shape index (κ1) is 17.7. The van der Waals surface area contributed by atoms with Gasteiger partial charge in [0.2, 0.25) is 5.91 Å². The predicted molar refractivity (Wildman–Crippen MR) is 104 cm³/mol. The molecular formula is C19H20ClNOS2. The molecular weight excluding hydrogens is 358 g/mol. The molecule has 2 aromatic carbocycles. The van der Waals surface area contributed by atoms with E-state index in [1.807, 2.05) is 52.5 Å². The molecule has 0 aromatic heterocycles. The van der Waals surface area contributed by atoms with Gasteiger partial charge in [-0.25, -0.2) is 0 Å². The van der Waals surface area contributed by atoms with Crippen molar-refractivity contribution < 1.29 is 4.79 Å². The van der Waals surface area contributed by atoms with Gasteiger partial charge < -0.3 is 0 Å². The van der Waals surface area contributed by atoms with E-state index in [0.29, 0.717) is 23.6 Å². The normalized spacial score (nSPS) is 18.3. The third kappa shape index (κ3) is 4.71. The number of hydrogen-bond acceptors (Lipinski definition) is 3. The maximum Gasteiger partial charge on any atom is 0.235 e. The second-order valence-electron chi connectivity index (χ2n) is 5.77. The lowest BCUT2D eigenvalue weighted by atomic mass is 10.00. The molecule has 126 valence electrons. The van der Waals surface area contributed by atoms with Crippen molar-refractivity contribution in [2.24, 2.45) is 0 Å². The van der Waals surface area contributed by atoms with Crippen molar-refractivity contribution in [3.63, 3.8) is 0 Å². The Balaban J connectivity index is 1.50. The van der Waals surface area contributed by atoms with Gasteiger partial charge in [0.25, 0.3) is 0 Å². The maximum absolute atomic E-state index is 11.9. The Hall–Kier alpha value is -1.10. The van der Waals surface area contributed by atoms with E-state index in [1.54, 1.807) is 11.9 Å². The summed E-state index contributed by atoms with van der Waals surface area (Å²) in [6.45, 7) is 0. The van der Waals surface area contributed by atoms with Crippen molar-refractivity contribution in [3.8, 4) is 0 Å². The van der Waals surface area contributed by atoms with Crippen LogP contribution in [0.25, 0.3) is 0 Å². The Morgan fingerprint density at radius 3 is 2.25 bits per heavy atom. The van der Waals surface area contributed by atoms with Crippen molar-refractivity contribution in [1.29, 1.82) is 0 Å². The number of hydrogen-bond donors (Lipinski definition) is 0. The van der Waals surface area contributed by atoms with Gasteiger partial charge in [0.15, 0.2) is 0 Å². The molecule has 24 heavy (non-hydrogen) atoms. The standard InChI is InChI=1S/C19H20ClNOS2/c20-14-18(23-16-7-3-1-4-8-16)12-11-15-13-19(22)21(15)24-17-9-5-2-6-10-17/h1-10,15,18H,11-14H2. The van der Waals surface area contributed by atoms with E-state index in [9.17, 15) is 4.79 Å². The zero-order valence-corrected chi connectivity index (χ0v) is 15.7. The Morgan fingerprint density at radius 1 is 1.04 bits per heavy atom. The maximum atomic E-state index is 11.9. The van der Waals surface area contributed by atoms with Gasteiger partial charge in [0.05, 0.1) is 6.04 Å². The van der Waals surface area contributed by atoms with E-state index < -0.39 is 0 Å². The monoisotopic (exact) mass is 377 g/mol. The highest BCUT2D eigenvalue weighted by Crippen LogP contribution is 2.37. The Morgan fingerprint density at radius 2 is 1.67 bits per heavy atom. The summed E-state index contributed by atoms with van der Waals surface area (Å²) in [5, 5.41) is 0.383. The molecule has 0 bridgehead atoms. The summed E-state index contributed by atoms with van der Waals surface area (Å²) < 4.78 is 1.92. The van der Waals surface area contributed by atoms with Crippen LogP contribution in [-0.2, 0) is 4.79 Å². The van der Waals surface area contributed by atoms with Gasteiger partial charge in [-0.05, 0) is 49.1 Å². The molecule has 2 nitrogen and oxygen atoms in total. The number of carbonyl (C=O) groups excluding carboxylic acids is 1. The third-order valence-electron chi connectivity index (χ3n) is 3.97. The summed E-state index contributed by atoms with van der Waals surface area (Å²) in [5.74, 6) is 0.860. The smallest absolute Gasteiger partial charge is 0.235 e. The summed E-state index contributed by atoms with van der Waals surface area (Å²) in [6, 6.07) is 20.8.